The molecule has 0 N–H and O–H groups in total. The number of nitrogens with zero attached hydrogens (tertiary/aromatic N) is 1. The fraction of sp³-hybridized carbons (Fsp3) is 0.286. The Labute approximate surface area is 238 Å². The average Bonchev–Trinajstić information content (AvgIpc) is 3.00. The van der Waals surface area contributed by atoms with Gasteiger partial charge in [-0.25, -0.2) is 4.79 Å². The van der Waals surface area contributed by atoms with Crippen LogP contribution >= 0.6 is 0 Å². The second kappa shape index (κ2) is 13.5. The summed E-state index contributed by atoms with van der Waals surface area (Å²) in [6, 6.07) is 39.5. The Hall–Kier alpha value is -3.77. The molecule has 40 heavy (non-hydrogen) atoms. The topological polar surface area (TPSA) is 48.0 Å². The first kappa shape index (κ1) is 29.2. The molecule has 0 bridgehead atoms. The lowest BCUT2D eigenvalue weighted by Crippen LogP contribution is -2.59. The van der Waals surface area contributed by atoms with Crippen LogP contribution in [0.5, 0.6) is 0 Å². The maximum absolute atomic E-state index is 12.9. The third-order valence-corrected chi connectivity index (χ3v) is 6.99. The minimum Gasteiger partial charge on any atom is -0.460 e. The van der Waals surface area contributed by atoms with Gasteiger partial charge in [-0.05, 0) is 56.5 Å². The fourth-order valence-electron chi connectivity index (χ4n) is 4.83. The lowest BCUT2D eigenvalue weighted by molar-refractivity contribution is -0.311. The van der Waals surface area contributed by atoms with Crippen LogP contribution in [0.3, 0.4) is 0 Å². The van der Waals surface area contributed by atoms with Crippen LogP contribution in [0.2, 0.25) is 0 Å². The number of hydrogen-bond acceptors (Lipinski definition) is 5. The van der Waals surface area contributed by atoms with Crippen molar-refractivity contribution in [3.8, 4) is 0 Å². The molecule has 5 heteroatoms. The zero-order valence-electron chi connectivity index (χ0n) is 23.8. The van der Waals surface area contributed by atoms with Crippen molar-refractivity contribution in [2.75, 3.05) is 13.2 Å². The molecule has 0 saturated carbocycles. The summed E-state index contributed by atoms with van der Waals surface area (Å²) in [5.41, 5.74) is 2.24. The molecule has 0 aliphatic rings. The van der Waals surface area contributed by atoms with Gasteiger partial charge in [0.25, 0.3) is 0 Å². The molecule has 2 unspecified atom stereocenters. The van der Waals surface area contributed by atoms with Crippen molar-refractivity contribution in [3.63, 3.8) is 0 Å². The van der Waals surface area contributed by atoms with E-state index in [1.807, 2.05) is 98.6 Å². The standard InChI is InChI=1S/C35H39NO4/c1-28(30-19-11-6-12-20-30)40-36(34(2,3)26-39-33(37)31-21-13-7-14-22-31)35(4,32-23-15-8-16-24-32)27-38-25-29-17-9-5-10-18-29/h5-24,28H,25-27H2,1-4H3. The molecule has 2 atom stereocenters. The van der Waals surface area contributed by atoms with E-state index in [-0.39, 0.29) is 18.7 Å². The minimum absolute atomic E-state index is 0.114. The van der Waals surface area contributed by atoms with Gasteiger partial charge in [-0.2, -0.15) is 5.06 Å². The van der Waals surface area contributed by atoms with Crippen LogP contribution < -0.4 is 0 Å². The highest BCUT2D eigenvalue weighted by Crippen LogP contribution is 2.38. The maximum atomic E-state index is 12.9. The van der Waals surface area contributed by atoms with E-state index in [1.165, 1.54) is 0 Å². The van der Waals surface area contributed by atoms with Gasteiger partial charge in [0, 0.05) is 0 Å². The Balaban J connectivity index is 1.66. The van der Waals surface area contributed by atoms with Crippen LogP contribution in [-0.2, 0) is 26.5 Å². The van der Waals surface area contributed by atoms with E-state index in [9.17, 15) is 4.79 Å². The molecule has 4 rings (SSSR count). The van der Waals surface area contributed by atoms with Gasteiger partial charge in [0.05, 0.1) is 29.9 Å². The van der Waals surface area contributed by atoms with Crippen molar-refractivity contribution in [1.82, 2.24) is 5.06 Å². The number of hydrogen-bond donors (Lipinski definition) is 0. The van der Waals surface area contributed by atoms with Gasteiger partial charge in [-0.1, -0.05) is 109 Å². The molecule has 5 nitrogen and oxygen atoms in total. The highest BCUT2D eigenvalue weighted by atomic mass is 16.7. The Kier molecular flexibility index (Phi) is 9.88. The first-order chi connectivity index (χ1) is 19.3. The number of carbonyl (C=O) groups excluding carboxylic acids is 1. The lowest BCUT2D eigenvalue weighted by Gasteiger charge is -2.49. The molecule has 4 aromatic carbocycles. The second-order valence-electron chi connectivity index (χ2n) is 10.8. The van der Waals surface area contributed by atoms with Crippen molar-refractivity contribution in [3.05, 3.63) is 144 Å². The van der Waals surface area contributed by atoms with E-state index >= 15 is 0 Å². The number of benzene rings is 4. The molecular formula is C35H39NO4. The highest BCUT2D eigenvalue weighted by molar-refractivity contribution is 5.89. The van der Waals surface area contributed by atoms with Gasteiger partial charge < -0.3 is 9.47 Å². The molecule has 0 spiro atoms. The smallest absolute Gasteiger partial charge is 0.338 e. The van der Waals surface area contributed by atoms with Crippen molar-refractivity contribution >= 4 is 5.97 Å². The van der Waals surface area contributed by atoms with Gasteiger partial charge >= 0.3 is 5.97 Å². The predicted molar refractivity (Wildman–Crippen MR) is 158 cm³/mol. The molecule has 0 heterocycles. The quantitative estimate of drug-likeness (QED) is 0.129. The van der Waals surface area contributed by atoms with Gasteiger partial charge in [0.2, 0.25) is 0 Å². The molecule has 0 amide bonds. The van der Waals surface area contributed by atoms with Gasteiger partial charge in [-0.15, -0.1) is 0 Å². The first-order valence-electron chi connectivity index (χ1n) is 13.7. The molecule has 208 valence electrons. The number of rotatable bonds is 13. The molecule has 0 radical (unpaired) electrons. The van der Waals surface area contributed by atoms with Gasteiger partial charge in [0.1, 0.15) is 12.7 Å². The summed E-state index contributed by atoms with van der Waals surface area (Å²) >= 11 is 0. The van der Waals surface area contributed by atoms with E-state index in [0.29, 0.717) is 18.8 Å². The number of esters is 1. The van der Waals surface area contributed by atoms with E-state index in [1.54, 1.807) is 12.1 Å². The third kappa shape index (κ3) is 7.45. The summed E-state index contributed by atoms with van der Waals surface area (Å²) in [5.74, 6) is -0.369. The molecule has 4 aromatic rings. The third-order valence-electron chi connectivity index (χ3n) is 6.99. The number of carbonyl (C=O) groups is 1. The van der Waals surface area contributed by atoms with Crippen LogP contribution in [0.15, 0.2) is 121 Å². The van der Waals surface area contributed by atoms with Crippen molar-refractivity contribution in [2.45, 2.75) is 51.5 Å². The van der Waals surface area contributed by atoms with Crippen LogP contribution in [-0.4, -0.2) is 29.8 Å². The zero-order chi connectivity index (χ0) is 28.4. The Morgan fingerprint density at radius 3 is 1.85 bits per heavy atom. The normalized spacial score (nSPS) is 13.9. The second-order valence-corrected chi connectivity index (χ2v) is 10.8. The molecule has 0 fully saturated rings. The first-order valence-corrected chi connectivity index (χ1v) is 13.7. The number of ether oxygens (including phenoxy) is 2. The predicted octanol–water partition coefficient (Wildman–Crippen LogP) is 7.75. The van der Waals surface area contributed by atoms with E-state index in [4.69, 9.17) is 14.3 Å². The molecular weight excluding hydrogens is 498 g/mol. The van der Waals surface area contributed by atoms with Gasteiger partial charge in [-0.3, -0.25) is 4.84 Å². The monoisotopic (exact) mass is 537 g/mol. The van der Waals surface area contributed by atoms with Crippen molar-refractivity contribution in [1.29, 1.82) is 0 Å². The van der Waals surface area contributed by atoms with Crippen LogP contribution in [0.1, 0.15) is 60.8 Å². The van der Waals surface area contributed by atoms with E-state index in [2.05, 4.69) is 43.3 Å². The van der Waals surface area contributed by atoms with Crippen LogP contribution in [0.4, 0.5) is 0 Å². The molecule has 0 aromatic heterocycles. The Morgan fingerprint density at radius 2 is 1.25 bits per heavy atom. The van der Waals surface area contributed by atoms with Crippen molar-refractivity contribution in [2.24, 2.45) is 0 Å². The van der Waals surface area contributed by atoms with Gasteiger partial charge in [0.15, 0.2) is 0 Å². The van der Waals surface area contributed by atoms with Crippen molar-refractivity contribution < 1.29 is 19.1 Å². The number of hydroxylamine groups is 2. The summed E-state index contributed by atoms with van der Waals surface area (Å²) in [6.07, 6.45) is -0.262. The molecule has 0 aliphatic carbocycles. The van der Waals surface area contributed by atoms with E-state index < -0.39 is 11.1 Å². The average molecular weight is 538 g/mol. The van der Waals surface area contributed by atoms with Crippen LogP contribution in [0.25, 0.3) is 0 Å². The maximum Gasteiger partial charge on any atom is 0.338 e. The summed E-state index contributed by atoms with van der Waals surface area (Å²) < 4.78 is 12.2. The summed E-state index contributed by atoms with van der Waals surface area (Å²) in [4.78, 5) is 19.7. The van der Waals surface area contributed by atoms with Crippen LogP contribution in [0, 0.1) is 0 Å². The zero-order valence-corrected chi connectivity index (χ0v) is 23.8. The van der Waals surface area contributed by atoms with E-state index in [0.717, 1.165) is 16.7 Å². The fourth-order valence-corrected chi connectivity index (χ4v) is 4.83. The summed E-state index contributed by atoms with van der Waals surface area (Å²) in [7, 11) is 0. The minimum atomic E-state index is -0.728. The highest BCUT2D eigenvalue weighted by Gasteiger charge is 2.45. The summed E-state index contributed by atoms with van der Waals surface area (Å²) in [6.45, 7) is 9.14. The SMILES string of the molecule is CC(ON(C(C)(C)COC(=O)c1ccccc1)C(C)(COCc1ccccc1)c1ccccc1)c1ccccc1. The molecule has 0 aliphatic heterocycles. The molecule has 0 saturated heterocycles. The Morgan fingerprint density at radius 1 is 0.725 bits per heavy atom. The lowest BCUT2D eigenvalue weighted by atomic mass is 9.88. The largest absolute Gasteiger partial charge is 0.460 e. The Bertz CT molecular complexity index is 1310. The summed E-state index contributed by atoms with van der Waals surface area (Å²) in [5, 5.41) is 1.97.